The van der Waals surface area contributed by atoms with E-state index < -0.39 is 5.97 Å². The number of hydrogen-bond donors (Lipinski definition) is 1. The van der Waals surface area contributed by atoms with Gasteiger partial charge in [-0.1, -0.05) is 12.5 Å². The standard InChI is InChI=1S/C15H20N4O2/c1-10(2)18-9-4-3-6-11(18)14-17-16-13-8-5-7-12(15(20)21)19(13)14/h5,7-8,10-11H,3-4,6,9H2,1-2H3,(H,20,21). The van der Waals surface area contributed by atoms with E-state index in [4.69, 9.17) is 0 Å². The number of hydrogen-bond acceptors (Lipinski definition) is 4. The van der Waals surface area contributed by atoms with E-state index in [0.29, 0.717) is 11.7 Å². The minimum Gasteiger partial charge on any atom is -0.477 e. The largest absolute Gasteiger partial charge is 0.477 e. The molecule has 21 heavy (non-hydrogen) atoms. The summed E-state index contributed by atoms with van der Waals surface area (Å²) in [6.07, 6.45) is 3.31. The Kier molecular flexibility index (Phi) is 3.63. The van der Waals surface area contributed by atoms with Crippen LogP contribution in [0.15, 0.2) is 18.2 Å². The Balaban J connectivity index is 2.13. The number of carbonyl (C=O) groups is 1. The van der Waals surface area contributed by atoms with Gasteiger partial charge >= 0.3 is 5.97 Å². The van der Waals surface area contributed by atoms with E-state index in [1.54, 1.807) is 22.6 Å². The Morgan fingerprint density at radius 3 is 2.86 bits per heavy atom. The Hall–Kier alpha value is -1.95. The van der Waals surface area contributed by atoms with Crippen LogP contribution in [-0.2, 0) is 0 Å². The zero-order chi connectivity index (χ0) is 15.0. The van der Waals surface area contributed by atoms with E-state index in [0.717, 1.165) is 25.2 Å². The Bertz CT molecular complexity index is 665. The Morgan fingerprint density at radius 2 is 2.14 bits per heavy atom. The van der Waals surface area contributed by atoms with Crippen LogP contribution in [0.4, 0.5) is 0 Å². The molecule has 0 aliphatic carbocycles. The molecule has 6 heteroatoms. The first-order chi connectivity index (χ1) is 10.1. The monoisotopic (exact) mass is 288 g/mol. The maximum Gasteiger partial charge on any atom is 0.352 e. The number of carboxylic acid groups (broad SMARTS) is 1. The van der Waals surface area contributed by atoms with Gasteiger partial charge in [0.2, 0.25) is 0 Å². The van der Waals surface area contributed by atoms with Gasteiger partial charge in [-0.25, -0.2) is 4.79 Å². The zero-order valence-electron chi connectivity index (χ0n) is 12.4. The summed E-state index contributed by atoms with van der Waals surface area (Å²) in [6, 6.07) is 5.64. The number of pyridine rings is 1. The van der Waals surface area contributed by atoms with Gasteiger partial charge in [-0.15, -0.1) is 10.2 Å². The molecule has 3 heterocycles. The summed E-state index contributed by atoms with van der Waals surface area (Å²) in [7, 11) is 0. The fourth-order valence-corrected chi connectivity index (χ4v) is 3.20. The number of rotatable bonds is 3. The quantitative estimate of drug-likeness (QED) is 0.938. The number of aromatic carboxylic acids is 1. The van der Waals surface area contributed by atoms with Crippen LogP contribution in [0, 0.1) is 0 Å². The fourth-order valence-electron chi connectivity index (χ4n) is 3.20. The van der Waals surface area contributed by atoms with Gasteiger partial charge in [-0.05, 0) is 45.4 Å². The van der Waals surface area contributed by atoms with Crippen molar-refractivity contribution >= 4 is 11.6 Å². The average Bonchev–Trinajstić information content (AvgIpc) is 2.90. The van der Waals surface area contributed by atoms with Crippen LogP contribution in [0.2, 0.25) is 0 Å². The molecule has 2 aromatic rings. The molecular weight excluding hydrogens is 268 g/mol. The molecule has 112 valence electrons. The predicted molar refractivity (Wildman–Crippen MR) is 78.4 cm³/mol. The topological polar surface area (TPSA) is 70.7 Å². The lowest BCUT2D eigenvalue weighted by Gasteiger charge is -2.37. The lowest BCUT2D eigenvalue weighted by atomic mass is 9.99. The van der Waals surface area contributed by atoms with E-state index in [2.05, 4.69) is 28.9 Å². The summed E-state index contributed by atoms with van der Waals surface area (Å²) >= 11 is 0. The van der Waals surface area contributed by atoms with Gasteiger partial charge in [-0.2, -0.15) is 0 Å². The van der Waals surface area contributed by atoms with Crippen LogP contribution in [0.3, 0.4) is 0 Å². The van der Waals surface area contributed by atoms with Crippen LogP contribution in [0.5, 0.6) is 0 Å². The minimum atomic E-state index is -0.950. The SMILES string of the molecule is CC(C)N1CCCCC1c1nnc2cccc(C(=O)O)n12. The smallest absolute Gasteiger partial charge is 0.352 e. The molecule has 1 saturated heterocycles. The maximum absolute atomic E-state index is 11.5. The predicted octanol–water partition coefficient (Wildman–Crippen LogP) is 2.36. The first-order valence-corrected chi connectivity index (χ1v) is 7.42. The van der Waals surface area contributed by atoms with Crippen LogP contribution in [-0.4, -0.2) is 43.2 Å². The molecule has 1 aliphatic rings. The fraction of sp³-hybridized carbons (Fsp3) is 0.533. The molecular formula is C15H20N4O2. The highest BCUT2D eigenvalue weighted by Gasteiger charge is 2.30. The third-order valence-corrected chi connectivity index (χ3v) is 4.18. The van der Waals surface area contributed by atoms with Crippen molar-refractivity contribution in [3.63, 3.8) is 0 Å². The van der Waals surface area contributed by atoms with Gasteiger partial charge in [0.05, 0.1) is 6.04 Å². The third-order valence-electron chi connectivity index (χ3n) is 4.18. The molecule has 1 atom stereocenters. The van der Waals surface area contributed by atoms with Crippen molar-refractivity contribution in [2.45, 2.75) is 45.2 Å². The van der Waals surface area contributed by atoms with E-state index in [1.807, 2.05) is 0 Å². The van der Waals surface area contributed by atoms with Crippen molar-refractivity contribution in [2.75, 3.05) is 6.54 Å². The zero-order valence-corrected chi connectivity index (χ0v) is 12.4. The second kappa shape index (κ2) is 5.44. The normalized spacial score (nSPS) is 20.2. The van der Waals surface area contributed by atoms with Gasteiger partial charge in [0.15, 0.2) is 11.5 Å². The summed E-state index contributed by atoms with van der Waals surface area (Å²) in [5.74, 6) is -0.204. The van der Waals surface area contributed by atoms with E-state index >= 15 is 0 Å². The van der Waals surface area contributed by atoms with Gasteiger partial charge in [0, 0.05) is 6.04 Å². The maximum atomic E-state index is 11.5. The lowest BCUT2D eigenvalue weighted by Crippen LogP contribution is -2.39. The van der Waals surface area contributed by atoms with Crippen molar-refractivity contribution in [2.24, 2.45) is 0 Å². The third kappa shape index (κ3) is 2.40. The molecule has 1 unspecified atom stereocenters. The van der Waals surface area contributed by atoms with Gasteiger partial charge < -0.3 is 5.11 Å². The molecule has 0 radical (unpaired) electrons. The molecule has 0 amide bonds. The van der Waals surface area contributed by atoms with Gasteiger partial charge in [0.25, 0.3) is 0 Å². The van der Waals surface area contributed by atoms with Crippen molar-refractivity contribution < 1.29 is 9.90 Å². The molecule has 3 rings (SSSR count). The number of likely N-dealkylation sites (tertiary alicyclic amines) is 1. The van der Waals surface area contributed by atoms with Gasteiger partial charge in [0.1, 0.15) is 5.69 Å². The molecule has 0 bridgehead atoms. The molecule has 2 aromatic heterocycles. The molecule has 0 saturated carbocycles. The molecule has 0 aromatic carbocycles. The van der Waals surface area contributed by atoms with Crippen molar-refractivity contribution in [3.05, 3.63) is 29.7 Å². The number of fused-ring (bicyclic) bond motifs is 1. The van der Waals surface area contributed by atoms with E-state index in [1.165, 1.54) is 6.42 Å². The highest BCUT2D eigenvalue weighted by Crippen LogP contribution is 2.32. The lowest BCUT2D eigenvalue weighted by molar-refractivity contribution is 0.0685. The van der Waals surface area contributed by atoms with Gasteiger partial charge in [-0.3, -0.25) is 9.30 Å². The number of aromatic nitrogens is 3. The van der Waals surface area contributed by atoms with Crippen LogP contribution >= 0.6 is 0 Å². The number of carboxylic acids is 1. The van der Waals surface area contributed by atoms with Crippen LogP contribution in [0.1, 0.15) is 55.5 Å². The molecule has 6 nitrogen and oxygen atoms in total. The molecule has 1 N–H and O–H groups in total. The number of piperidine rings is 1. The Labute approximate surface area is 123 Å². The molecule has 1 fully saturated rings. The highest BCUT2D eigenvalue weighted by molar-refractivity contribution is 5.86. The summed E-state index contributed by atoms with van der Waals surface area (Å²) in [5.41, 5.74) is 0.820. The minimum absolute atomic E-state index is 0.134. The van der Waals surface area contributed by atoms with Crippen LogP contribution in [0.25, 0.3) is 5.65 Å². The first-order valence-electron chi connectivity index (χ1n) is 7.42. The average molecular weight is 288 g/mol. The van der Waals surface area contributed by atoms with E-state index in [-0.39, 0.29) is 11.7 Å². The highest BCUT2D eigenvalue weighted by atomic mass is 16.4. The summed E-state index contributed by atoms with van der Waals surface area (Å²) in [4.78, 5) is 13.9. The van der Waals surface area contributed by atoms with Crippen molar-refractivity contribution in [1.29, 1.82) is 0 Å². The van der Waals surface area contributed by atoms with E-state index in [9.17, 15) is 9.90 Å². The summed E-state index contributed by atoms with van der Waals surface area (Å²) < 4.78 is 1.69. The van der Waals surface area contributed by atoms with Crippen molar-refractivity contribution in [1.82, 2.24) is 19.5 Å². The Morgan fingerprint density at radius 1 is 1.33 bits per heavy atom. The second-order valence-corrected chi connectivity index (χ2v) is 5.81. The second-order valence-electron chi connectivity index (χ2n) is 5.81. The first kappa shape index (κ1) is 14.0. The van der Waals surface area contributed by atoms with Crippen molar-refractivity contribution in [3.8, 4) is 0 Å². The van der Waals surface area contributed by atoms with Crippen LogP contribution < -0.4 is 0 Å². The molecule has 0 spiro atoms. The molecule has 1 aliphatic heterocycles. The summed E-state index contributed by atoms with van der Waals surface area (Å²) in [6.45, 7) is 5.35. The summed E-state index contributed by atoms with van der Waals surface area (Å²) in [5, 5.41) is 17.9. The number of nitrogens with zero attached hydrogens (tertiary/aromatic N) is 4.